The van der Waals surface area contributed by atoms with Gasteiger partial charge in [0.1, 0.15) is 11.7 Å². The molecule has 28 heavy (non-hydrogen) atoms. The summed E-state index contributed by atoms with van der Waals surface area (Å²) in [6.07, 6.45) is -5.99. The number of ether oxygens (including phenoxy) is 2. The van der Waals surface area contributed by atoms with Crippen molar-refractivity contribution in [2.45, 2.75) is 36.7 Å². The number of benzene rings is 2. The number of rotatable bonds is 6. The number of Topliss-reactive ketones (excluding diaryl/α,β-unsaturated/α-hetero) is 2. The maximum absolute atomic E-state index is 15.2. The number of aliphatic hydroxyl groups is 2. The third-order valence-corrected chi connectivity index (χ3v) is 5.20. The lowest BCUT2D eigenvalue weighted by Crippen LogP contribution is -2.65. The summed E-state index contributed by atoms with van der Waals surface area (Å²) < 4.78 is 25.5. The van der Waals surface area contributed by atoms with Gasteiger partial charge in [-0.05, 0) is 6.92 Å². The van der Waals surface area contributed by atoms with E-state index in [1.165, 1.54) is 24.3 Å². The van der Waals surface area contributed by atoms with Gasteiger partial charge in [-0.25, -0.2) is 4.39 Å². The van der Waals surface area contributed by atoms with Gasteiger partial charge in [-0.1, -0.05) is 60.7 Å². The van der Waals surface area contributed by atoms with Crippen molar-refractivity contribution in [3.8, 4) is 0 Å². The molecule has 7 heteroatoms. The van der Waals surface area contributed by atoms with Crippen LogP contribution in [0.25, 0.3) is 0 Å². The van der Waals surface area contributed by atoms with Crippen molar-refractivity contribution in [3.05, 3.63) is 71.8 Å². The monoisotopic (exact) mass is 388 g/mol. The van der Waals surface area contributed by atoms with Crippen LogP contribution in [-0.4, -0.2) is 58.7 Å². The van der Waals surface area contributed by atoms with Crippen LogP contribution in [0.2, 0.25) is 0 Å². The molecule has 2 N–H and O–H groups in total. The van der Waals surface area contributed by atoms with Gasteiger partial charge in [-0.2, -0.15) is 0 Å². The van der Waals surface area contributed by atoms with E-state index in [0.29, 0.717) is 0 Å². The van der Waals surface area contributed by atoms with Gasteiger partial charge in [-0.3, -0.25) is 9.59 Å². The van der Waals surface area contributed by atoms with Crippen molar-refractivity contribution in [2.24, 2.45) is 0 Å². The fourth-order valence-electron chi connectivity index (χ4n) is 3.47. The second kappa shape index (κ2) is 7.52. The average molecular weight is 388 g/mol. The van der Waals surface area contributed by atoms with Gasteiger partial charge in [0.15, 0.2) is 23.8 Å². The highest BCUT2D eigenvalue weighted by atomic mass is 19.1. The number of carbonyl (C=O) groups excluding carboxylic acids is 2. The second-order valence-electron chi connectivity index (χ2n) is 6.83. The molecule has 0 spiro atoms. The molecule has 2 aromatic rings. The number of hydrogen-bond acceptors (Lipinski definition) is 6. The van der Waals surface area contributed by atoms with Crippen molar-refractivity contribution >= 4 is 11.6 Å². The summed E-state index contributed by atoms with van der Waals surface area (Å²) in [7, 11) is 1.14. The number of methoxy groups -OCH3 is 1. The lowest BCUT2D eigenvalue weighted by molar-refractivity contribution is -0.195. The first kappa shape index (κ1) is 20.3. The Morgan fingerprint density at radius 2 is 1.57 bits per heavy atom. The molecule has 148 valence electrons. The van der Waals surface area contributed by atoms with Gasteiger partial charge in [0, 0.05) is 18.2 Å². The zero-order chi connectivity index (χ0) is 20.5. The van der Waals surface area contributed by atoms with Crippen LogP contribution in [0.4, 0.5) is 4.39 Å². The Labute approximate surface area is 161 Å². The third-order valence-electron chi connectivity index (χ3n) is 5.20. The molecule has 0 saturated carbocycles. The van der Waals surface area contributed by atoms with E-state index in [0.717, 1.165) is 14.0 Å². The minimum absolute atomic E-state index is 0.0126. The van der Waals surface area contributed by atoms with Gasteiger partial charge in [0.25, 0.3) is 0 Å². The van der Waals surface area contributed by atoms with Gasteiger partial charge < -0.3 is 19.7 Å². The van der Waals surface area contributed by atoms with Crippen molar-refractivity contribution in [1.29, 1.82) is 0 Å². The summed E-state index contributed by atoms with van der Waals surface area (Å²) in [4.78, 5) is 25.8. The fraction of sp³-hybridized carbons (Fsp3) is 0.333. The first-order chi connectivity index (χ1) is 13.3. The van der Waals surface area contributed by atoms with Gasteiger partial charge >= 0.3 is 0 Å². The molecule has 0 aliphatic carbocycles. The van der Waals surface area contributed by atoms with Crippen LogP contribution in [0.5, 0.6) is 0 Å². The molecule has 1 aliphatic rings. The highest BCUT2D eigenvalue weighted by Gasteiger charge is 2.71. The van der Waals surface area contributed by atoms with E-state index in [4.69, 9.17) is 9.47 Å². The normalized spacial score (nSPS) is 30.8. The van der Waals surface area contributed by atoms with Crippen LogP contribution in [0.1, 0.15) is 27.6 Å². The van der Waals surface area contributed by atoms with E-state index in [-0.39, 0.29) is 11.1 Å². The van der Waals surface area contributed by atoms with Crippen LogP contribution < -0.4 is 0 Å². The molecule has 1 aliphatic heterocycles. The predicted molar refractivity (Wildman–Crippen MR) is 97.7 cm³/mol. The Hall–Kier alpha value is -2.45. The topological polar surface area (TPSA) is 93.1 Å². The van der Waals surface area contributed by atoms with E-state index in [1.807, 2.05) is 0 Å². The second-order valence-corrected chi connectivity index (χ2v) is 6.83. The molecule has 3 rings (SSSR count). The highest BCUT2D eigenvalue weighted by molar-refractivity contribution is 6.06. The lowest BCUT2D eigenvalue weighted by Gasteiger charge is -2.39. The Morgan fingerprint density at radius 1 is 1.07 bits per heavy atom. The molecule has 1 saturated heterocycles. The fourth-order valence-corrected chi connectivity index (χ4v) is 3.47. The van der Waals surface area contributed by atoms with Crippen molar-refractivity contribution in [2.75, 3.05) is 7.11 Å². The van der Waals surface area contributed by atoms with Crippen molar-refractivity contribution in [1.82, 2.24) is 0 Å². The summed E-state index contributed by atoms with van der Waals surface area (Å²) in [5, 5.41) is 22.0. The van der Waals surface area contributed by atoms with Gasteiger partial charge in [0.05, 0.1) is 0 Å². The Balaban J connectivity index is 2.07. The van der Waals surface area contributed by atoms with Crippen LogP contribution in [-0.2, 0) is 9.47 Å². The first-order valence-corrected chi connectivity index (χ1v) is 8.71. The molecule has 2 aromatic carbocycles. The molecule has 0 bridgehead atoms. The first-order valence-electron chi connectivity index (χ1n) is 8.71. The summed E-state index contributed by atoms with van der Waals surface area (Å²) in [5.74, 6) is -1.83. The molecule has 5 atom stereocenters. The minimum Gasteiger partial charge on any atom is -0.382 e. The predicted octanol–water partition coefficient (Wildman–Crippen LogP) is 1.94. The van der Waals surface area contributed by atoms with Crippen LogP contribution in [0.15, 0.2) is 60.7 Å². The maximum atomic E-state index is 15.2. The average Bonchev–Trinajstić information content (AvgIpc) is 2.95. The lowest BCUT2D eigenvalue weighted by atomic mass is 9.72. The molecular weight excluding hydrogens is 367 g/mol. The summed E-state index contributed by atoms with van der Waals surface area (Å²) in [6.45, 7) is 1.13. The molecule has 1 heterocycles. The maximum Gasteiger partial charge on any atom is 0.200 e. The molecule has 1 fully saturated rings. The largest absolute Gasteiger partial charge is 0.382 e. The van der Waals surface area contributed by atoms with Crippen LogP contribution in [0, 0.1) is 0 Å². The Bertz CT molecular complexity index is 858. The molecular formula is C21H21FO6. The Kier molecular flexibility index (Phi) is 5.45. The number of carbonyl (C=O) groups is 2. The van der Waals surface area contributed by atoms with Gasteiger partial charge in [0.2, 0.25) is 5.78 Å². The molecule has 6 nitrogen and oxygen atoms in total. The molecule has 1 unspecified atom stereocenters. The smallest absolute Gasteiger partial charge is 0.200 e. The number of ketones is 2. The highest BCUT2D eigenvalue weighted by Crippen LogP contribution is 2.46. The van der Waals surface area contributed by atoms with Crippen molar-refractivity contribution < 1.29 is 33.7 Å². The number of hydrogen-bond donors (Lipinski definition) is 2. The molecule has 0 radical (unpaired) electrons. The van der Waals surface area contributed by atoms with E-state index in [1.54, 1.807) is 36.4 Å². The number of aliphatic hydroxyl groups excluding tert-OH is 1. The van der Waals surface area contributed by atoms with Crippen LogP contribution in [0.3, 0.4) is 0 Å². The molecule has 0 aromatic heterocycles. The standard InChI is InChI=1S/C21H21FO6/c1-20(18(25)15(23)13-9-5-3-6-10-13)21(26,16(22)19(27-2)28-20)17(24)14-11-7-4-8-12-14/h3-12,16,18-19,25-26H,1-2H3/t16-,18?,19-,20+,21+/m0/s1. The summed E-state index contributed by atoms with van der Waals surface area (Å²) in [5.41, 5.74) is -4.99. The SMILES string of the molecule is CO[C@H]1O[C@](C)(C(O)C(=O)c2ccccc2)[C@](O)(C(=O)c2ccccc2)[C@H]1F. The molecule has 0 amide bonds. The zero-order valence-corrected chi connectivity index (χ0v) is 15.4. The summed E-state index contributed by atoms with van der Waals surface area (Å²) in [6, 6.07) is 15.4. The zero-order valence-electron chi connectivity index (χ0n) is 15.4. The van der Waals surface area contributed by atoms with E-state index in [9.17, 15) is 19.8 Å². The number of halogens is 1. The van der Waals surface area contributed by atoms with E-state index < -0.39 is 41.3 Å². The quantitative estimate of drug-likeness (QED) is 0.735. The minimum atomic E-state index is -2.85. The number of alkyl halides is 1. The third kappa shape index (κ3) is 2.97. The Morgan fingerprint density at radius 3 is 2.07 bits per heavy atom. The van der Waals surface area contributed by atoms with E-state index in [2.05, 4.69) is 0 Å². The van der Waals surface area contributed by atoms with Crippen molar-refractivity contribution in [3.63, 3.8) is 0 Å². The van der Waals surface area contributed by atoms with E-state index >= 15 is 4.39 Å². The summed E-state index contributed by atoms with van der Waals surface area (Å²) >= 11 is 0. The van der Waals surface area contributed by atoms with Crippen LogP contribution >= 0.6 is 0 Å². The van der Waals surface area contributed by atoms with Gasteiger partial charge in [-0.15, -0.1) is 0 Å².